The first-order valence-electron chi connectivity index (χ1n) is 6.68. The van der Waals surface area contributed by atoms with Crippen molar-refractivity contribution in [2.24, 2.45) is 10.7 Å². The number of benzene rings is 2. The number of hydrogen-bond acceptors (Lipinski definition) is 2. The van der Waals surface area contributed by atoms with Gasteiger partial charge >= 0.3 is 0 Å². The van der Waals surface area contributed by atoms with Gasteiger partial charge in [0.05, 0.1) is 13.2 Å². The summed E-state index contributed by atoms with van der Waals surface area (Å²) in [5.74, 6) is 0.314. The van der Waals surface area contributed by atoms with Gasteiger partial charge in [0.25, 0.3) is 0 Å². The predicted molar refractivity (Wildman–Crippen MR) is 92.6 cm³/mol. The van der Waals surface area contributed by atoms with E-state index in [1.54, 1.807) is 19.2 Å². The zero-order chi connectivity index (χ0) is 15.9. The molecule has 0 aromatic heterocycles. The minimum absolute atomic E-state index is 0.314. The molecule has 0 unspecified atom stereocenters. The van der Waals surface area contributed by atoms with E-state index >= 15 is 0 Å². The number of guanidine groups is 1. The summed E-state index contributed by atoms with van der Waals surface area (Å²) >= 11 is 12.0. The third kappa shape index (κ3) is 4.63. The number of nitrogens with zero attached hydrogens (tertiary/aromatic N) is 1. The Morgan fingerprint density at radius 3 is 2.68 bits per heavy atom. The highest BCUT2D eigenvalue weighted by Gasteiger charge is 2.04. The topological polar surface area (TPSA) is 59.6 Å². The monoisotopic (exact) mass is 337 g/mol. The van der Waals surface area contributed by atoms with E-state index in [0.717, 1.165) is 16.8 Å². The summed E-state index contributed by atoms with van der Waals surface area (Å²) in [7, 11) is 1.65. The Morgan fingerprint density at radius 2 is 1.95 bits per heavy atom. The van der Waals surface area contributed by atoms with Crippen LogP contribution < -0.4 is 11.1 Å². The fraction of sp³-hybridized carbons (Fsp3) is 0.188. The van der Waals surface area contributed by atoms with Gasteiger partial charge in [-0.3, -0.25) is 0 Å². The Hall–Kier alpha value is -1.75. The van der Waals surface area contributed by atoms with E-state index in [0.29, 0.717) is 29.2 Å². The number of hydrogen-bond donors (Lipinski definition) is 2. The lowest BCUT2D eigenvalue weighted by Gasteiger charge is -2.11. The molecule has 0 amide bonds. The minimum Gasteiger partial charge on any atom is -0.380 e. The van der Waals surface area contributed by atoms with Crippen LogP contribution in [0.15, 0.2) is 47.5 Å². The second kappa shape index (κ2) is 8.03. The number of halogens is 2. The average Bonchev–Trinajstić information content (AvgIpc) is 2.48. The average molecular weight is 338 g/mol. The van der Waals surface area contributed by atoms with Crippen LogP contribution in [0.3, 0.4) is 0 Å². The molecule has 3 N–H and O–H groups in total. The lowest BCUT2D eigenvalue weighted by atomic mass is 10.2. The van der Waals surface area contributed by atoms with Crippen LogP contribution in [0.5, 0.6) is 0 Å². The highest BCUT2D eigenvalue weighted by molar-refractivity contribution is 6.35. The molecule has 0 saturated carbocycles. The molecule has 0 spiro atoms. The summed E-state index contributed by atoms with van der Waals surface area (Å²) in [6.07, 6.45) is 0. The van der Waals surface area contributed by atoms with Crippen LogP contribution in [0.4, 0.5) is 5.69 Å². The Kier molecular flexibility index (Phi) is 6.07. The first-order valence-corrected chi connectivity index (χ1v) is 7.43. The van der Waals surface area contributed by atoms with Crippen molar-refractivity contribution in [2.45, 2.75) is 13.2 Å². The van der Waals surface area contributed by atoms with Gasteiger partial charge < -0.3 is 15.8 Å². The number of ether oxygens (including phenoxy) is 1. The number of methoxy groups -OCH3 is 1. The van der Waals surface area contributed by atoms with Gasteiger partial charge in [-0.15, -0.1) is 0 Å². The molecule has 4 nitrogen and oxygen atoms in total. The maximum atomic E-state index is 6.11. The van der Waals surface area contributed by atoms with Crippen LogP contribution in [-0.2, 0) is 17.9 Å². The summed E-state index contributed by atoms with van der Waals surface area (Å²) in [6, 6.07) is 13.0. The number of aliphatic imine (C=N–C) groups is 1. The van der Waals surface area contributed by atoms with Crippen molar-refractivity contribution in [1.29, 1.82) is 0 Å². The minimum atomic E-state index is 0.314. The van der Waals surface area contributed by atoms with E-state index < -0.39 is 0 Å². The molecule has 2 aromatic rings. The number of nitrogens with one attached hydrogen (secondary N) is 1. The molecule has 0 aliphatic heterocycles. The molecule has 0 heterocycles. The van der Waals surface area contributed by atoms with Gasteiger partial charge in [0, 0.05) is 28.4 Å². The summed E-state index contributed by atoms with van der Waals surface area (Å²) in [5, 5.41) is 4.24. The summed E-state index contributed by atoms with van der Waals surface area (Å²) in [4.78, 5) is 4.30. The molecule has 0 bridgehead atoms. The van der Waals surface area contributed by atoms with E-state index in [4.69, 9.17) is 33.7 Å². The van der Waals surface area contributed by atoms with Gasteiger partial charge in [0.15, 0.2) is 5.96 Å². The standard InChI is InChI=1S/C16H17Cl2N3O/c1-22-10-12-4-2-3-5-15(12)21-16(19)20-9-11-6-7-13(17)8-14(11)18/h2-8H,9-10H2,1H3,(H3,19,20,21). The maximum Gasteiger partial charge on any atom is 0.193 e. The highest BCUT2D eigenvalue weighted by atomic mass is 35.5. The summed E-state index contributed by atoms with van der Waals surface area (Å²) in [6.45, 7) is 0.876. The second-order valence-corrected chi connectivity index (χ2v) is 5.50. The van der Waals surface area contributed by atoms with Gasteiger partial charge in [-0.05, 0) is 23.8 Å². The van der Waals surface area contributed by atoms with Crippen molar-refractivity contribution < 1.29 is 4.74 Å². The van der Waals surface area contributed by atoms with Crippen molar-refractivity contribution in [3.8, 4) is 0 Å². The zero-order valence-corrected chi connectivity index (χ0v) is 13.7. The lowest BCUT2D eigenvalue weighted by molar-refractivity contribution is 0.185. The van der Waals surface area contributed by atoms with Crippen molar-refractivity contribution in [1.82, 2.24) is 0 Å². The number of para-hydroxylation sites is 1. The molecule has 2 aromatic carbocycles. The first kappa shape index (κ1) is 16.6. The van der Waals surface area contributed by atoms with Gasteiger partial charge in [-0.1, -0.05) is 47.5 Å². The van der Waals surface area contributed by atoms with Crippen LogP contribution >= 0.6 is 23.2 Å². The molecular weight excluding hydrogens is 321 g/mol. The van der Waals surface area contributed by atoms with Crippen LogP contribution in [0, 0.1) is 0 Å². The van der Waals surface area contributed by atoms with Crippen LogP contribution in [-0.4, -0.2) is 13.1 Å². The Balaban J connectivity index is 2.07. The summed E-state index contributed by atoms with van der Waals surface area (Å²) < 4.78 is 5.16. The number of nitrogens with two attached hydrogens (primary N) is 1. The number of rotatable bonds is 5. The molecule has 0 atom stereocenters. The van der Waals surface area contributed by atoms with E-state index in [2.05, 4.69) is 10.3 Å². The fourth-order valence-corrected chi connectivity index (χ4v) is 2.39. The molecule has 6 heteroatoms. The normalized spacial score (nSPS) is 11.5. The molecule has 22 heavy (non-hydrogen) atoms. The molecule has 0 fully saturated rings. The van der Waals surface area contributed by atoms with Crippen molar-refractivity contribution >= 4 is 34.8 Å². The fourth-order valence-electron chi connectivity index (χ4n) is 1.92. The lowest BCUT2D eigenvalue weighted by Crippen LogP contribution is -2.23. The van der Waals surface area contributed by atoms with Crippen LogP contribution in [0.2, 0.25) is 10.0 Å². The van der Waals surface area contributed by atoms with E-state index in [1.807, 2.05) is 30.3 Å². The van der Waals surface area contributed by atoms with Gasteiger partial charge in [0.2, 0.25) is 0 Å². The van der Waals surface area contributed by atoms with Gasteiger partial charge in [-0.25, -0.2) is 4.99 Å². The van der Waals surface area contributed by atoms with Crippen LogP contribution in [0.25, 0.3) is 0 Å². The smallest absolute Gasteiger partial charge is 0.193 e. The molecule has 0 saturated heterocycles. The predicted octanol–water partition coefficient (Wildman–Crippen LogP) is 4.07. The maximum absolute atomic E-state index is 6.11. The van der Waals surface area contributed by atoms with Gasteiger partial charge in [-0.2, -0.15) is 0 Å². The SMILES string of the molecule is COCc1ccccc1NC(N)=NCc1ccc(Cl)cc1Cl. The summed E-state index contributed by atoms with van der Waals surface area (Å²) in [5.41, 5.74) is 8.66. The number of anilines is 1. The Labute approximate surface area is 139 Å². The Bertz CT molecular complexity index is 674. The van der Waals surface area contributed by atoms with Crippen molar-refractivity contribution in [3.05, 3.63) is 63.6 Å². The molecule has 0 aliphatic rings. The largest absolute Gasteiger partial charge is 0.380 e. The van der Waals surface area contributed by atoms with Crippen molar-refractivity contribution in [3.63, 3.8) is 0 Å². The van der Waals surface area contributed by atoms with E-state index in [1.165, 1.54) is 0 Å². The van der Waals surface area contributed by atoms with Crippen molar-refractivity contribution in [2.75, 3.05) is 12.4 Å². The van der Waals surface area contributed by atoms with Gasteiger partial charge in [0.1, 0.15) is 0 Å². The molecule has 0 radical (unpaired) electrons. The third-order valence-corrected chi connectivity index (χ3v) is 3.60. The van der Waals surface area contributed by atoms with E-state index in [-0.39, 0.29) is 0 Å². The third-order valence-electron chi connectivity index (χ3n) is 3.01. The molecule has 116 valence electrons. The molecule has 0 aliphatic carbocycles. The molecular formula is C16H17Cl2N3O. The molecule has 2 rings (SSSR count). The second-order valence-electron chi connectivity index (χ2n) is 4.65. The highest BCUT2D eigenvalue weighted by Crippen LogP contribution is 2.21. The zero-order valence-electron chi connectivity index (χ0n) is 12.1. The quantitative estimate of drug-likeness (QED) is 0.638. The van der Waals surface area contributed by atoms with Crippen LogP contribution in [0.1, 0.15) is 11.1 Å². The Morgan fingerprint density at radius 1 is 1.18 bits per heavy atom. The van der Waals surface area contributed by atoms with E-state index in [9.17, 15) is 0 Å². The first-order chi connectivity index (χ1) is 10.6.